The van der Waals surface area contributed by atoms with Crippen LogP contribution in [-0.2, 0) is 47.1 Å². The number of carbonyl (C=O) groups excluding carboxylic acids is 3. The number of carbonyl (C=O) groups is 2. The van der Waals surface area contributed by atoms with Gasteiger partial charge in [-0.05, 0) is 0 Å². The van der Waals surface area contributed by atoms with Crippen LogP contribution in [0.4, 0.5) is 0 Å². The quantitative estimate of drug-likeness (QED) is 0.387. The maximum absolute atomic E-state index is 10.3. The molecule has 0 saturated heterocycles. The fourth-order valence-electron chi connectivity index (χ4n) is 0.477. The molecule has 1 unspecified atom stereocenters. The second-order valence-corrected chi connectivity index (χ2v) is 2.14. The Bertz CT molecular complexity index is 145. The fraction of sp³-hybridized carbons (Fsp3) is 0.571. The molecule has 0 aliphatic carbocycles. The summed E-state index contributed by atoms with van der Waals surface area (Å²) >= 11 is 0. The minimum absolute atomic E-state index is 0. The van der Waals surface area contributed by atoms with Crippen molar-refractivity contribution in [2.75, 3.05) is 0 Å². The molecule has 0 rings (SSSR count). The van der Waals surface area contributed by atoms with Crippen molar-refractivity contribution in [2.45, 2.75) is 19.8 Å². The van der Waals surface area contributed by atoms with Gasteiger partial charge in [-0.1, -0.05) is 13.3 Å². The van der Waals surface area contributed by atoms with Crippen molar-refractivity contribution >= 4 is 18.4 Å². The van der Waals surface area contributed by atoms with E-state index in [4.69, 9.17) is 0 Å². The summed E-state index contributed by atoms with van der Waals surface area (Å²) in [6, 6.07) is 0. The van der Waals surface area contributed by atoms with Crippen LogP contribution in [0.2, 0.25) is 0 Å². The number of ketones is 1. The van der Waals surface area contributed by atoms with Gasteiger partial charge in [-0.2, -0.15) is 0 Å². The van der Waals surface area contributed by atoms with Crippen LogP contribution in [0, 0.1) is 5.92 Å². The fourth-order valence-corrected chi connectivity index (χ4v) is 0.477. The van der Waals surface area contributed by atoms with Gasteiger partial charge in [-0.25, -0.2) is 0 Å². The summed E-state index contributed by atoms with van der Waals surface area (Å²) in [7, 11) is 0. The van der Waals surface area contributed by atoms with E-state index in [0.29, 0.717) is 6.42 Å². The average molecular weight is 230 g/mol. The summed E-state index contributed by atoms with van der Waals surface area (Å²) < 4.78 is 0. The van der Waals surface area contributed by atoms with E-state index in [1.54, 1.807) is 13.2 Å². The molecule has 3 nitrogen and oxygen atoms in total. The molecular formula is C7H9O3Y-. The summed E-state index contributed by atoms with van der Waals surface area (Å²) in [5.74, 6) is -0.703. The first kappa shape index (κ1) is 13.7. The van der Waals surface area contributed by atoms with Crippen molar-refractivity contribution in [1.29, 1.82) is 0 Å². The van der Waals surface area contributed by atoms with Gasteiger partial charge in [-0.15, -0.1) is 5.92 Å². The first-order chi connectivity index (χ1) is 4.70. The largest absolute Gasteiger partial charge is 0.542 e. The van der Waals surface area contributed by atoms with E-state index in [0.717, 1.165) is 0 Å². The first-order valence-electron chi connectivity index (χ1n) is 3.06. The third kappa shape index (κ3) is 8.02. The van der Waals surface area contributed by atoms with Crippen LogP contribution >= 0.6 is 0 Å². The van der Waals surface area contributed by atoms with Crippen LogP contribution in [0.1, 0.15) is 19.8 Å². The first-order valence-corrected chi connectivity index (χ1v) is 3.06. The second kappa shape index (κ2) is 8.21. The van der Waals surface area contributed by atoms with Gasteiger partial charge in [0, 0.05) is 39.1 Å². The van der Waals surface area contributed by atoms with Crippen LogP contribution in [0.25, 0.3) is 0 Å². The number of Topliss-reactive ketones (excluding diaryl/α,β-unsaturated/α-hetero) is 1. The zero-order valence-electron chi connectivity index (χ0n) is 6.37. The topological polar surface area (TPSA) is 51.2 Å². The van der Waals surface area contributed by atoms with Crippen molar-refractivity contribution in [3.05, 3.63) is 0 Å². The molecule has 0 bridgehead atoms. The van der Waals surface area contributed by atoms with E-state index < -0.39 is 5.78 Å². The van der Waals surface area contributed by atoms with E-state index in [-0.39, 0.29) is 51.3 Å². The molecule has 0 aliphatic heterocycles. The number of rotatable bonds is 5. The molecular weight excluding hydrogens is 221 g/mol. The average Bonchev–Trinajstić information content (AvgIpc) is 1.99. The summed E-state index contributed by atoms with van der Waals surface area (Å²) in [5.41, 5.74) is 0. The van der Waals surface area contributed by atoms with Gasteiger partial charge in [-0.3, -0.25) is 15.9 Å². The van der Waals surface area contributed by atoms with Crippen LogP contribution < -0.4 is 0 Å². The Morgan fingerprint density at radius 1 is 1.64 bits per heavy atom. The molecule has 0 N–H and O–H groups in total. The Morgan fingerprint density at radius 3 is 2.55 bits per heavy atom. The van der Waals surface area contributed by atoms with Crippen LogP contribution in [-0.4, -0.2) is 18.4 Å². The van der Waals surface area contributed by atoms with Crippen molar-refractivity contribution < 1.29 is 47.1 Å². The minimum Gasteiger partial charge on any atom is -0.542 e. The zero-order chi connectivity index (χ0) is 7.98. The van der Waals surface area contributed by atoms with E-state index in [1.807, 2.05) is 0 Å². The molecule has 0 aliphatic rings. The predicted molar refractivity (Wildman–Crippen MR) is 35.2 cm³/mol. The number of hydrogen-bond donors (Lipinski definition) is 0. The molecule has 1 radical (unpaired) electrons. The number of aldehydes is 1. The second-order valence-electron chi connectivity index (χ2n) is 2.14. The molecule has 0 heterocycles. The van der Waals surface area contributed by atoms with Gasteiger partial charge in [0.05, 0.1) is 0 Å². The van der Waals surface area contributed by atoms with Gasteiger partial charge in [0.15, 0.2) is 12.1 Å². The normalized spacial score (nSPS) is 11.0. The standard InChI is InChI=1S/C7H9O3.Y/c1-6(4-8)2-3-7(10)5-9;/h5-6H,2-3H2,1H3;/q-1;. The SMILES string of the molecule is CC([C-]=O)CCC(=O)C=O.[Y]. The summed E-state index contributed by atoms with van der Waals surface area (Å²) in [5, 5.41) is 0. The molecule has 11 heavy (non-hydrogen) atoms. The molecule has 0 fully saturated rings. The van der Waals surface area contributed by atoms with E-state index in [2.05, 4.69) is 0 Å². The van der Waals surface area contributed by atoms with Crippen molar-refractivity contribution in [1.82, 2.24) is 0 Å². The molecule has 1 atom stereocenters. The Morgan fingerprint density at radius 2 is 2.18 bits per heavy atom. The molecule has 0 aromatic carbocycles. The maximum Gasteiger partial charge on any atom is 0.195 e. The Balaban J connectivity index is 0. The molecule has 0 saturated carbocycles. The molecule has 59 valence electrons. The van der Waals surface area contributed by atoms with Gasteiger partial charge < -0.3 is 4.79 Å². The monoisotopic (exact) mass is 230 g/mol. The van der Waals surface area contributed by atoms with Gasteiger partial charge in [0.2, 0.25) is 0 Å². The maximum atomic E-state index is 10.3. The molecule has 0 aromatic heterocycles. The molecule has 0 spiro atoms. The minimum atomic E-state index is -0.456. The summed E-state index contributed by atoms with van der Waals surface area (Å²) in [4.78, 5) is 30.0. The van der Waals surface area contributed by atoms with E-state index in [1.165, 1.54) is 0 Å². The zero-order valence-corrected chi connectivity index (χ0v) is 9.21. The van der Waals surface area contributed by atoms with E-state index >= 15 is 0 Å². The predicted octanol–water partition coefficient (Wildman–Crippen LogP) is 0.278. The third-order valence-electron chi connectivity index (χ3n) is 1.16. The van der Waals surface area contributed by atoms with Gasteiger partial charge in [0.1, 0.15) is 0 Å². The summed E-state index contributed by atoms with van der Waals surface area (Å²) in [6.45, 7) is 1.66. The Hall–Kier alpha value is 0.114. The molecule has 4 heteroatoms. The van der Waals surface area contributed by atoms with Crippen molar-refractivity contribution in [2.24, 2.45) is 5.92 Å². The molecule has 0 amide bonds. The third-order valence-corrected chi connectivity index (χ3v) is 1.16. The smallest absolute Gasteiger partial charge is 0.195 e. The Kier molecular flexibility index (Phi) is 10.2. The summed E-state index contributed by atoms with van der Waals surface area (Å²) in [6.07, 6.45) is 2.57. The number of hydrogen-bond acceptors (Lipinski definition) is 3. The Labute approximate surface area is 90.8 Å². The van der Waals surface area contributed by atoms with E-state index in [9.17, 15) is 14.4 Å². The van der Waals surface area contributed by atoms with Gasteiger partial charge >= 0.3 is 0 Å². The molecule has 0 aromatic rings. The van der Waals surface area contributed by atoms with Crippen LogP contribution in [0.15, 0.2) is 0 Å². The van der Waals surface area contributed by atoms with Crippen molar-refractivity contribution in [3.8, 4) is 0 Å². The van der Waals surface area contributed by atoms with Crippen LogP contribution in [0.3, 0.4) is 0 Å². The van der Waals surface area contributed by atoms with Gasteiger partial charge in [0.25, 0.3) is 0 Å². The van der Waals surface area contributed by atoms with Crippen LogP contribution in [0.5, 0.6) is 0 Å². The van der Waals surface area contributed by atoms with Crippen molar-refractivity contribution in [3.63, 3.8) is 0 Å².